The van der Waals surface area contributed by atoms with Gasteiger partial charge in [0.15, 0.2) is 11.5 Å². The van der Waals surface area contributed by atoms with E-state index in [0.717, 1.165) is 5.56 Å². The molecular formula is C26H19Cl2IN2O5. The second-order valence-electron chi connectivity index (χ2n) is 7.30. The second kappa shape index (κ2) is 12.6. The first-order valence-electron chi connectivity index (χ1n) is 10.5. The standard InChI is InChI=1S/C26H19Cl2IN2O5/c1-2-35-23-10-15(9-22(29)24(23)36-14-17-6-7-19(27)12-21(17)28)8-18(13-30)25(32)31-20-5-3-4-16(11-20)26(33)34/h3-12H,2,14H2,1H3,(H,31,32)(H,33,34)/b18-8-. The summed E-state index contributed by atoms with van der Waals surface area (Å²) < 4.78 is 12.4. The number of carbonyl (C=O) groups is 2. The van der Waals surface area contributed by atoms with Gasteiger partial charge in [-0.25, -0.2) is 4.79 Å². The highest BCUT2D eigenvalue weighted by Crippen LogP contribution is 2.36. The Bertz CT molecular complexity index is 1390. The van der Waals surface area contributed by atoms with Crippen molar-refractivity contribution in [1.29, 1.82) is 5.26 Å². The van der Waals surface area contributed by atoms with Gasteiger partial charge in [-0.3, -0.25) is 4.79 Å². The van der Waals surface area contributed by atoms with Crippen LogP contribution in [0.15, 0.2) is 60.2 Å². The predicted octanol–water partition coefficient (Wildman–Crippen LogP) is 6.82. The molecule has 0 fully saturated rings. The molecule has 0 atom stereocenters. The second-order valence-corrected chi connectivity index (χ2v) is 9.30. The average Bonchev–Trinajstić information content (AvgIpc) is 2.83. The Morgan fingerprint density at radius 1 is 1.14 bits per heavy atom. The van der Waals surface area contributed by atoms with Crippen molar-refractivity contribution in [2.45, 2.75) is 13.5 Å². The molecule has 2 N–H and O–H groups in total. The molecule has 0 aliphatic heterocycles. The number of aromatic carboxylic acids is 1. The highest BCUT2D eigenvalue weighted by molar-refractivity contribution is 14.1. The first-order chi connectivity index (χ1) is 17.2. The number of amides is 1. The van der Waals surface area contributed by atoms with Crippen LogP contribution in [0.4, 0.5) is 5.69 Å². The van der Waals surface area contributed by atoms with Crippen LogP contribution in [0.2, 0.25) is 10.0 Å². The van der Waals surface area contributed by atoms with Crippen LogP contribution >= 0.6 is 45.8 Å². The van der Waals surface area contributed by atoms with Crippen molar-refractivity contribution in [3.05, 3.63) is 90.5 Å². The number of nitrogens with zero attached hydrogens (tertiary/aromatic N) is 1. The molecular weight excluding hydrogens is 618 g/mol. The summed E-state index contributed by atoms with van der Waals surface area (Å²) in [5.74, 6) is -0.867. The molecule has 0 aliphatic carbocycles. The maximum atomic E-state index is 12.7. The van der Waals surface area contributed by atoms with Crippen molar-refractivity contribution in [2.75, 3.05) is 11.9 Å². The Labute approximate surface area is 231 Å². The number of ether oxygens (including phenoxy) is 2. The Balaban J connectivity index is 1.85. The number of nitrogens with one attached hydrogen (secondary N) is 1. The van der Waals surface area contributed by atoms with Crippen molar-refractivity contribution in [3.63, 3.8) is 0 Å². The molecule has 7 nitrogen and oxygen atoms in total. The van der Waals surface area contributed by atoms with Crippen LogP contribution in [0.25, 0.3) is 6.08 Å². The maximum Gasteiger partial charge on any atom is 0.335 e. The minimum Gasteiger partial charge on any atom is -0.490 e. The predicted molar refractivity (Wildman–Crippen MR) is 147 cm³/mol. The topological polar surface area (TPSA) is 109 Å². The Hall–Kier alpha value is -3.26. The fourth-order valence-corrected chi connectivity index (χ4v) is 4.35. The zero-order valence-corrected chi connectivity index (χ0v) is 22.5. The van der Waals surface area contributed by atoms with Gasteiger partial charge in [-0.1, -0.05) is 35.3 Å². The molecule has 0 radical (unpaired) electrons. The number of carbonyl (C=O) groups excluding carboxylic acids is 1. The third-order valence-corrected chi connectivity index (χ3v) is 6.15. The zero-order chi connectivity index (χ0) is 26.2. The summed E-state index contributed by atoms with van der Waals surface area (Å²) in [7, 11) is 0. The minimum atomic E-state index is -1.12. The molecule has 0 unspecified atom stereocenters. The van der Waals surface area contributed by atoms with E-state index in [4.69, 9.17) is 37.8 Å². The van der Waals surface area contributed by atoms with Crippen LogP contribution in [0.5, 0.6) is 11.5 Å². The number of carboxylic acids is 1. The van der Waals surface area contributed by atoms with Crippen molar-refractivity contribution >= 4 is 69.4 Å². The van der Waals surface area contributed by atoms with Gasteiger partial charge in [0.2, 0.25) is 0 Å². The summed E-state index contributed by atoms with van der Waals surface area (Å²) in [6.45, 7) is 2.38. The van der Waals surface area contributed by atoms with Crippen molar-refractivity contribution in [3.8, 4) is 17.6 Å². The fourth-order valence-electron chi connectivity index (χ4n) is 3.11. The van der Waals surface area contributed by atoms with E-state index >= 15 is 0 Å². The lowest BCUT2D eigenvalue weighted by atomic mass is 10.1. The highest BCUT2D eigenvalue weighted by atomic mass is 127. The summed E-state index contributed by atoms with van der Waals surface area (Å²) in [6.07, 6.45) is 1.42. The number of anilines is 1. The van der Waals surface area contributed by atoms with Crippen LogP contribution in [0.1, 0.15) is 28.4 Å². The van der Waals surface area contributed by atoms with E-state index in [1.807, 2.05) is 13.0 Å². The number of halogens is 3. The number of hydrogen-bond donors (Lipinski definition) is 2. The molecule has 0 saturated heterocycles. The first kappa shape index (κ1) is 27.3. The van der Waals surface area contributed by atoms with Gasteiger partial charge in [0.05, 0.1) is 15.7 Å². The third-order valence-electron chi connectivity index (χ3n) is 4.76. The molecule has 0 aliphatic rings. The lowest BCUT2D eigenvalue weighted by Gasteiger charge is -2.15. The molecule has 3 rings (SSSR count). The average molecular weight is 637 g/mol. The number of hydrogen-bond acceptors (Lipinski definition) is 5. The van der Waals surface area contributed by atoms with Crippen LogP contribution < -0.4 is 14.8 Å². The smallest absolute Gasteiger partial charge is 0.335 e. The molecule has 0 saturated carbocycles. The molecule has 10 heteroatoms. The van der Waals surface area contributed by atoms with E-state index in [0.29, 0.717) is 37.3 Å². The van der Waals surface area contributed by atoms with Gasteiger partial charge in [0, 0.05) is 21.3 Å². The Morgan fingerprint density at radius 3 is 2.58 bits per heavy atom. The van der Waals surface area contributed by atoms with E-state index < -0.39 is 11.9 Å². The lowest BCUT2D eigenvalue weighted by Crippen LogP contribution is -2.14. The van der Waals surface area contributed by atoms with Gasteiger partial charge >= 0.3 is 5.97 Å². The van der Waals surface area contributed by atoms with Crippen LogP contribution in [-0.4, -0.2) is 23.6 Å². The maximum absolute atomic E-state index is 12.7. The molecule has 0 heterocycles. The molecule has 36 heavy (non-hydrogen) atoms. The number of benzene rings is 3. The van der Waals surface area contributed by atoms with Crippen LogP contribution in [0, 0.1) is 14.9 Å². The number of carboxylic acid groups (broad SMARTS) is 1. The Morgan fingerprint density at radius 2 is 1.92 bits per heavy atom. The summed E-state index contributed by atoms with van der Waals surface area (Å²) >= 11 is 14.3. The fraction of sp³-hybridized carbons (Fsp3) is 0.115. The molecule has 3 aromatic rings. The van der Waals surface area contributed by atoms with Gasteiger partial charge in [0.1, 0.15) is 18.2 Å². The van der Waals surface area contributed by atoms with E-state index in [1.165, 1.54) is 30.3 Å². The van der Waals surface area contributed by atoms with Crippen molar-refractivity contribution < 1.29 is 24.2 Å². The van der Waals surface area contributed by atoms with E-state index in [1.54, 1.807) is 30.3 Å². The molecule has 0 spiro atoms. The van der Waals surface area contributed by atoms with Gasteiger partial charge in [-0.15, -0.1) is 0 Å². The van der Waals surface area contributed by atoms with E-state index in [-0.39, 0.29) is 23.4 Å². The quantitative estimate of drug-likeness (QED) is 0.152. The first-order valence-corrected chi connectivity index (χ1v) is 12.3. The summed E-state index contributed by atoms with van der Waals surface area (Å²) in [5, 5.41) is 22.3. The lowest BCUT2D eigenvalue weighted by molar-refractivity contribution is -0.112. The number of rotatable bonds is 9. The van der Waals surface area contributed by atoms with Crippen LogP contribution in [0.3, 0.4) is 0 Å². The third kappa shape index (κ3) is 7.13. The largest absolute Gasteiger partial charge is 0.490 e. The van der Waals surface area contributed by atoms with Gasteiger partial charge in [0.25, 0.3) is 5.91 Å². The highest BCUT2D eigenvalue weighted by Gasteiger charge is 2.16. The molecule has 184 valence electrons. The summed E-state index contributed by atoms with van der Waals surface area (Å²) in [4.78, 5) is 23.8. The van der Waals surface area contributed by atoms with Crippen molar-refractivity contribution in [1.82, 2.24) is 0 Å². The van der Waals surface area contributed by atoms with E-state index in [9.17, 15) is 14.9 Å². The number of nitriles is 1. The van der Waals surface area contributed by atoms with Gasteiger partial charge in [-0.05, 0) is 83.6 Å². The normalized spacial score (nSPS) is 10.9. The summed E-state index contributed by atoms with van der Waals surface area (Å²) in [5.41, 5.74) is 1.40. The Kier molecular flexibility index (Phi) is 9.58. The molecule has 1 amide bonds. The van der Waals surface area contributed by atoms with Crippen molar-refractivity contribution in [2.24, 2.45) is 0 Å². The SMILES string of the molecule is CCOc1cc(/C=C(/C#N)C(=O)Nc2cccc(C(=O)O)c2)cc(I)c1OCc1ccc(Cl)cc1Cl. The molecule has 0 bridgehead atoms. The summed E-state index contributed by atoms with van der Waals surface area (Å²) in [6, 6.07) is 16.2. The van der Waals surface area contributed by atoms with Gasteiger partial charge < -0.3 is 19.9 Å². The molecule has 0 aromatic heterocycles. The van der Waals surface area contributed by atoms with Gasteiger partial charge in [-0.2, -0.15) is 5.26 Å². The zero-order valence-electron chi connectivity index (χ0n) is 18.8. The minimum absolute atomic E-state index is 0.0154. The monoisotopic (exact) mass is 636 g/mol. The molecule has 3 aromatic carbocycles. The van der Waals surface area contributed by atoms with E-state index in [2.05, 4.69) is 27.9 Å². The van der Waals surface area contributed by atoms with Crippen LogP contribution in [-0.2, 0) is 11.4 Å².